The monoisotopic (exact) mass is 383 g/mol. The van der Waals surface area contributed by atoms with Gasteiger partial charge < -0.3 is 4.74 Å². The van der Waals surface area contributed by atoms with E-state index in [1.54, 1.807) is 6.20 Å². The van der Waals surface area contributed by atoms with Crippen molar-refractivity contribution in [2.45, 2.75) is 25.4 Å². The molecule has 0 bridgehead atoms. The van der Waals surface area contributed by atoms with Crippen molar-refractivity contribution in [1.82, 2.24) is 4.98 Å². The van der Waals surface area contributed by atoms with E-state index in [1.807, 2.05) is 18.2 Å². The van der Waals surface area contributed by atoms with Gasteiger partial charge in [0.2, 0.25) is 0 Å². The van der Waals surface area contributed by atoms with E-state index in [0.717, 1.165) is 32.0 Å². The van der Waals surface area contributed by atoms with E-state index < -0.39 is 0 Å². The summed E-state index contributed by atoms with van der Waals surface area (Å²) in [7, 11) is 0. The molecule has 2 aromatic rings. The zero-order valence-electron chi connectivity index (χ0n) is 10.0. The van der Waals surface area contributed by atoms with Gasteiger partial charge in [0, 0.05) is 28.9 Å². The zero-order valence-corrected chi connectivity index (χ0v) is 13.2. The molecule has 1 saturated carbocycles. The lowest BCUT2D eigenvalue weighted by atomic mass is 10.2. The van der Waals surface area contributed by atoms with Gasteiger partial charge in [-0.1, -0.05) is 22.0 Å². The molecule has 98 valence electrons. The normalized spacial score (nSPS) is 19.1. The van der Waals surface area contributed by atoms with E-state index in [1.165, 1.54) is 0 Å². The summed E-state index contributed by atoms with van der Waals surface area (Å²) in [4.78, 5) is 15.7. The Morgan fingerprint density at radius 2 is 2.16 bits per heavy atom. The Hall–Kier alpha value is -0.940. The molecule has 1 aromatic heterocycles. The molecule has 1 unspecified atom stereocenters. The quantitative estimate of drug-likeness (QED) is 0.776. The Bertz CT molecular complexity index is 657. The summed E-state index contributed by atoms with van der Waals surface area (Å²) in [5.74, 6) is 0.994. The molecule has 0 radical (unpaired) electrons. The minimum absolute atomic E-state index is 0.0322. The van der Waals surface area contributed by atoms with Gasteiger partial charge in [-0.25, -0.2) is 0 Å². The first-order valence-electron chi connectivity index (χ1n) is 6.06. The molecule has 1 aliphatic rings. The molecule has 3 nitrogen and oxygen atoms in total. The number of carbonyl (C=O) groups is 1. The van der Waals surface area contributed by atoms with Crippen LogP contribution < -0.4 is 4.74 Å². The maximum absolute atomic E-state index is 11.3. The SMILES string of the molecule is O=C1CCC(Oc2c(Br)cc(Br)c3cccnc23)C1. The molecule has 3 rings (SSSR count). The molecule has 0 saturated heterocycles. The van der Waals surface area contributed by atoms with Crippen molar-refractivity contribution in [3.8, 4) is 5.75 Å². The van der Waals surface area contributed by atoms with Crippen LogP contribution in [0.25, 0.3) is 10.9 Å². The van der Waals surface area contributed by atoms with Gasteiger partial charge >= 0.3 is 0 Å². The maximum Gasteiger partial charge on any atom is 0.160 e. The molecule has 0 spiro atoms. The average Bonchev–Trinajstić information content (AvgIpc) is 2.80. The van der Waals surface area contributed by atoms with Crippen LogP contribution in [0.4, 0.5) is 0 Å². The molecule has 1 aliphatic carbocycles. The smallest absolute Gasteiger partial charge is 0.160 e. The number of carbonyl (C=O) groups excluding carboxylic acids is 1. The number of hydrogen-bond acceptors (Lipinski definition) is 3. The van der Waals surface area contributed by atoms with E-state index in [9.17, 15) is 4.79 Å². The summed E-state index contributed by atoms with van der Waals surface area (Å²) < 4.78 is 7.82. The Kier molecular flexibility index (Phi) is 3.58. The standard InChI is InChI=1S/C14H11Br2NO2/c15-11-7-12(16)14(13-10(11)2-1-5-17-13)19-9-4-3-8(18)6-9/h1-2,5,7,9H,3-4,6H2. The highest BCUT2D eigenvalue weighted by molar-refractivity contribution is 9.11. The van der Waals surface area contributed by atoms with Crippen molar-refractivity contribution in [3.05, 3.63) is 33.3 Å². The van der Waals surface area contributed by atoms with Gasteiger partial charge in [-0.15, -0.1) is 0 Å². The Labute approximate surface area is 127 Å². The second-order valence-electron chi connectivity index (χ2n) is 4.59. The third-order valence-electron chi connectivity index (χ3n) is 3.24. The molecule has 1 heterocycles. The zero-order chi connectivity index (χ0) is 13.4. The van der Waals surface area contributed by atoms with E-state index >= 15 is 0 Å². The number of fused-ring (bicyclic) bond motifs is 1. The van der Waals surface area contributed by atoms with Gasteiger partial charge in [0.1, 0.15) is 17.4 Å². The van der Waals surface area contributed by atoms with Crippen molar-refractivity contribution < 1.29 is 9.53 Å². The molecule has 1 fully saturated rings. The van der Waals surface area contributed by atoms with Crippen LogP contribution in [0.15, 0.2) is 33.3 Å². The van der Waals surface area contributed by atoms with Crippen molar-refractivity contribution in [2.75, 3.05) is 0 Å². The predicted molar refractivity (Wildman–Crippen MR) is 80.4 cm³/mol. The summed E-state index contributed by atoms with van der Waals surface area (Å²) in [6.07, 6.45) is 3.61. The van der Waals surface area contributed by atoms with Crippen LogP contribution in [0.1, 0.15) is 19.3 Å². The molecule has 1 atom stereocenters. The average molecular weight is 385 g/mol. The number of rotatable bonds is 2. The lowest BCUT2D eigenvalue weighted by Crippen LogP contribution is -2.13. The lowest BCUT2D eigenvalue weighted by molar-refractivity contribution is -0.117. The number of nitrogens with zero attached hydrogens (tertiary/aromatic N) is 1. The molecule has 1 aromatic carbocycles. The number of hydrogen-bond donors (Lipinski definition) is 0. The van der Waals surface area contributed by atoms with Crippen LogP contribution in [-0.2, 0) is 4.79 Å². The highest BCUT2D eigenvalue weighted by atomic mass is 79.9. The summed E-state index contributed by atoms with van der Waals surface area (Å²) in [6.45, 7) is 0. The number of benzene rings is 1. The van der Waals surface area contributed by atoms with Crippen molar-refractivity contribution in [1.29, 1.82) is 0 Å². The van der Waals surface area contributed by atoms with Gasteiger partial charge in [-0.05, 0) is 34.5 Å². The lowest BCUT2D eigenvalue weighted by Gasteiger charge is -2.16. The third kappa shape index (κ3) is 2.54. The number of pyridine rings is 1. The van der Waals surface area contributed by atoms with Crippen molar-refractivity contribution in [2.24, 2.45) is 0 Å². The Morgan fingerprint density at radius 3 is 2.89 bits per heavy atom. The van der Waals surface area contributed by atoms with Crippen LogP contribution in [0, 0.1) is 0 Å². The van der Waals surface area contributed by atoms with E-state index in [2.05, 4.69) is 36.8 Å². The second kappa shape index (κ2) is 5.21. The fourth-order valence-electron chi connectivity index (χ4n) is 2.31. The number of halogens is 2. The number of Topliss-reactive ketones (excluding diaryl/α,β-unsaturated/α-hetero) is 1. The first kappa shape index (κ1) is 13.1. The minimum atomic E-state index is -0.0322. The number of aromatic nitrogens is 1. The van der Waals surface area contributed by atoms with Crippen LogP contribution in [0.5, 0.6) is 5.75 Å². The molecule has 0 N–H and O–H groups in total. The molecule has 0 aliphatic heterocycles. The Morgan fingerprint density at radius 1 is 1.32 bits per heavy atom. The topological polar surface area (TPSA) is 39.2 Å². The fraction of sp³-hybridized carbons (Fsp3) is 0.286. The highest BCUT2D eigenvalue weighted by Gasteiger charge is 2.25. The Balaban J connectivity index is 2.05. The van der Waals surface area contributed by atoms with Gasteiger partial charge in [-0.2, -0.15) is 0 Å². The van der Waals surface area contributed by atoms with Crippen LogP contribution in [0.3, 0.4) is 0 Å². The van der Waals surface area contributed by atoms with E-state index in [0.29, 0.717) is 12.8 Å². The largest absolute Gasteiger partial charge is 0.486 e. The first-order valence-corrected chi connectivity index (χ1v) is 7.65. The van der Waals surface area contributed by atoms with E-state index in [-0.39, 0.29) is 11.9 Å². The summed E-state index contributed by atoms with van der Waals surface area (Å²) in [6, 6.07) is 5.84. The first-order chi connectivity index (χ1) is 9.15. The summed E-state index contributed by atoms with van der Waals surface area (Å²) in [5, 5.41) is 1.00. The summed E-state index contributed by atoms with van der Waals surface area (Å²) >= 11 is 7.04. The fourth-order valence-corrected chi connectivity index (χ4v) is 3.67. The van der Waals surface area contributed by atoms with Crippen LogP contribution in [-0.4, -0.2) is 16.9 Å². The summed E-state index contributed by atoms with van der Waals surface area (Å²) in [5.41, 5.74) is 0.808. The van der Waals surface area contributed by atoms with Gasteiger partial charge in [0.05, 0.1) is 4.47 Å². The van der Waals surface area contributed by atoms with Gasteiger partial charge in [0.25, 0.3) is 0 Å². The molecule has 5 heteroatoms. The van der Waals surface area contributed by atoms with Crippen molar-refractivity contribution >= 4 is 48.5 Å². The molecular weight excluding hydrogens is 374 g/mol. The minimum Gasteiger partial charge on any atom is -0.486 e. The van der Waals surface area contributed by atoms with Gasteiger partial charge in [0.15, 0.2) is 5.75 Å². The second-order valence-corrected chi connectivity index (χ2v) is 6.30. The third-order valence-corrected chi connectivity index (χ3v) is 4.48. The van der Waals surface area contributed by atoms with Gasteiger partial charge in [-0.3, -0.25) is 9.78 Å². The molecular formula is C14H11Br2NO2. The predicted octanol–water partition coefficient (Wildman–Crippen LogP) is 4.26. The van der Waals surface area contributed by atoms with Crippen LogP contribution >= 0.6 is 31.9 Å². The van der Waals surface area contributed by atoms with E-state index in [4.69, 9.17) is 4.74 Å². The maximum atomic E-state index is 11.3. The number of ether oxygens (including phenoxy) is 1. The molecule has 19 heavy (non-hydrogen) atoms. The van der Waals surface area contributed by atoms with Crippen LogP contribution in [0.2, 0.25) is 0 Å². The molecule has 0 amide bonds. The van der Waals surface area contributed by atoms with Crippen molar-refractivity contribution in [3.63, 3.8) is 0 Å². The number of ketones is 1. The highest BCUT2D eigenvalue weighted by Crippen LogP contribution is 2.38.